The van der Waals surface area contributed by atoms with Gasteiger partial charge in [0.25, 0.3) is 5.91 Å². The minimum Gasteiger partial charge on any atom is -0.338 e. The summed E-state index contributed by atoms with van der Waals surface area (Å²) in [6.07, 6.45) is 5.34. The lowest BCUT2D eigenvalue weighted by atomic mass is 9.89. The number of para-hydroxylation sites is 1. The summed E-state index contributed by atoms with van der Waals surface area (Å²) in [6.45, 7) is 5.15. The molecule has 30 heavy (non-hydrogen) atoms. The smallest absolute Gasteiger partial charge is 0.256 e. The Morgan fingerprint density at radius 3 is 2.53 bits per heavy atom. The molecule has 1 amide bonds. The fourth-order valence-corrected chi connectivity index (χ4v) is 5.15. The normalized spacial score (nSPS) is 20.7. The van der Waals surface area contributed by atoms with Crippen molar-refractivity contribution in [3.8, 4) is 0 Å². The quantitative estimate of drug-likeness (QED) is 0.644. The summed E-state index contributed by atoms with van der Waals surface area (Å²) in [6, 6.07) is 20.8. The Kier molecular flexibility index (Phi) is 5.50. The molecule has 4 nitrogen and oxygen atoms in total. The number of likely N-dealkylation sites (tertiary alicyclic amines) is 2. The Morgan fingerprint density at radius 1 is 0.900 bits per heavy atom. The predicted octanol–water partition coefficient (Wildman–Crippen LogP) is 4.58. The molecule has 0 spiro atoms. The van der Waals surface area contributed by atoms with Gasteiger partial charge in [-0.2, -0.15) is 0 Å². The van der Waals surface area contributed by atoms with E-state index in [-0.39, 0.29) is 5.91 Å². The average Bonchev–Trinajstić information content (AvgIpc) is 3.28. The van der Waals surface area contributed by atoms with Crippen LogP contribution in [-0.4, -0.2) is 53.4 Å². The van der Waals surface area contributed by atoms with E-state index in [0.29, 0.717) is 11.8 Å². The zero-order valence-electron chi connectivity index (χ0n) is 17.4. The minimum absolute atomic E-state index is 0.129. The van der Waals surface area contributed by atoms with E-state index in [2.05, 4.69) is 40.2 Å². The van der Waals surface area contributed by atoms with Crippen LogP contribution in [0.5, 0.6) is 0 Å². The molecule has 0 saturated carbocycles. The highest BCUT2D eigenvalue weighted by Gasteiger charge is 2.30. The van der Waals surface area contributed by atoms with Crippen LogP contribution < -0.4 is 0 Å². The number of nitrogens with zero attached hydrogens (tertiary/aromatic N) is 3. The third-order valence-corrected chi connectivity index (χ3v) is 6.81. The lowest BCUT2D eigenvalue weighted by molar-refractivity contribution is 0.0783. The average molecular weight is 400 g/mol. The van der Waals surface area contributed by atoms with E-state index in [1.807, 2.05) is 35.2 Å². The monoisotopic (exact) mass is 399 g/mol. The van der Waals surface area contributed by atoms with Crippen molar-refractivity contribution in [2.24, 2.45) is 5.92 Å². The van der Waals surface area contributed by atoms with Gasteiger partial charge in [0.2, 0.25) is 0 Å². The number of pyridine rings is 1. The van der Waals surface area contributed by atoms with Gasteiger partial charge in [-0.3, -0.25) is 9.78 Å². The number of carbonyl (C=O) groups excluding carboxylic acids is 1. The van der Waals surface area contributed by atoms with Crippen LogP contribution >= 0.6 is 0 Å². The van der Waals surface area contributed by atoms with Crippen molar-refractivity contribution in [1.82, 2.24) is 14.8 Å². The Balaban J connectivity index is 1.17. The van der Waals surface area contributed by atoms with Crippen LogP contribution in [0.3, 0.4) is 0 Å². The predicted molar refractivity (Wildman–Crippen MR) is 121 cm³/mol. The van der Waals surface area contributed by atoms with Crippen molar-refractivity contribution in [3.63, 3.8) is 0 Å². The van der Waals surface area contributed by atoms with Crippen LogP contribution in [0.2, 0.25) is 0 Å². The fraction of sp³-hybridized carbons (Fsp3) is 0.385. The summed E-state index contributed by atoms with van der Waals surface area (Å²) < 4.78 is 0. The van der Waals surface area contributed by atoms with Crippen LogP contribution in [0.15, 0.2) is 66.9 Å². The largest absolute Gasteiger partial charge is 0.338 e. The van der Waals surface area contributed by atoms with Crippen molar-refractivity contribution >= 4 is 16.8 Å². The highest BCUT2D eigenvalue weighted by Crippen LogP contribution is 2.29. The van der Waals surface area contributed by atoms with Gasteiger partial charge in [0.1, 0.15) is 0 Å². The first-order chi connectivity index (χ1) is 14.8. The number of aromatic nitrogens is 1. The number of carbonyl (C=O) groups is 1. The van der Waals surface area contributed by atoms with Crippen molar-refractivity contribution in [1.29, 1.82) is 0 Å². The molecule has 0 N–H and O–H groups in total. The molecule has 4 heteroatoms. The summed E-state index contributed by atoms with van der Waals surface area (Å²) in [7, 11) is 0. The Hall–Kier alpha value is -2.72. The molecule has 0 aliphatic carbocycles. The number of benzene rings is 2. The molecule has 2 saturated heterocycles. The first-order valence-electron chi connectivity index (χ1n) is 11.2. The number of hydrogen-bond donors (Lipinski definition) is 0. The van der Waals surface area contributed by atoms with Crippen molar-refractivity contribution in [2.45, 2.75) is 25.2 Å². The fourth-order valence-electron chi connectivity index (χ4n) is 5.15. The summed E-state index contributed by atoms with van der Waals surface area (Å²) >= 11 is 0. The summed E-state index contributed by atoms with van der Waals surface area (Å²) in [5, 5.41) is 1.03. The van der Waals surface area contributed by atoms with Gasteiger partial charge >= 0.3 is 0 Å². The molecular formula is C26H29N3O. The maximum atomic E-state index is 13.2. The van der Waals surface area contributed by atoms with E-state index in [9.17, 15) is 4.79 Å². The molecule has 2 aliphatic rings. The highest BCUT2D eigenvalue weighted by molar-refractivity contribution is 6.05. The Bertz CT molecular complexity index is 1010. The number of rotatable bonds is 4. The second-order valence-corrected chi connectivity index (χ2v) is 8.77. The van der Waals surface area contributed by atoms with Gasteiger partial charge in [-0.15, -0.1) is 0 Å². The maximum Gasteiger partial charge on any atom is 0.256 e. The van der Waals surface area contributed by atoms with Crippen LogP contribution in [0, 0.1) is 5.92 Å². The molecule has 5 rings (SSSR count). The van der Waals surface area contributed by atoms with Crippen molar-refractivity contribution in [3.05, 3.63) is 78.0 Å². The zero-order valence-corrected chi connectivity index (χ0v) is 17.4. The van der Waals surface area contributed by atoms with Gasteiger partial charge in [0.15, 0.2) is 0 Å². The van der Waals surface area contributed by atoms with Gasteiger partial charge in [-0.05, 0) is 61.9 Å². The number of piperidine rings is 1. The van der Waals surface area contributed by atoms with E-state index < -0.39 is 0 Å². The number of fused-ring (bicyclic) bond motifs is 1. The van der Waals surface area contributed by atoms with Crippen LogP contribution in [0.1, 0.15) is 41.1 Å². The van der Waals surface area contributed by atoms with Gasteiger partial charge in [-0.1, -0.05) is 48.5 Å². The summed E-state index contributed by atoms with van der Waals surface area (Å²) in [5.41, 5.74) is 3.03. The molecule has 0 bridgehead atoms. The molecule has 2 aromatic carbocycles. The van der Waals surface area contributed by atoms with Gasteiger partial charge in [-0.25, -0.2) is 0 Å². The third kappa shape index (κ3) is 3.97. The van der Waals surface area contributed by atoms with E-state index >= 15 is 0 Å². The molecule has 2 fully saturated rings. The van der Waals surface area contributed by atoms with E-state index in [0.717, 1.165) is 55.6 Å². The Labute approximate surface area is 178 Å². The summed E-state index contributed by atoms with van der Waals surface area (Å²) in [4.78, 5) is 22.3. The lowest BCUT2D eigenvalue weighted by Crippen LogP contribution is -2.37. The van der Waals surface area contributed by atoms with E-state index in [1.165, 1.54) is 18.4 Å². The second kappa shape index (κ2) is 8.57. The topological polar surface area (TPSA) is 36.4 Å². The minimum atomic E-state index is 0.129. The molecule has 2 aliphatic heterocycles. The molecule has 1 atom stereocenters. The first-order valence-corrected chi connectivity index (χ1v) is 11.2. The highest BCUT2D eigenvalue weighted by atomic mass is 16.2. The van der Waals surface area contributed by atoms with Crippen LogP contribution in [0.25, 0.3) is 10.9 Å². The molecule has 1 aromatic heterocycles. The van der Waals surface area contributed by atoms with E-state index in [1.54, 1.807) is 6.20 Å². The number of hydrogen-bond acceptors (Lipinski definition) is 3. The Morgan fingerprint density at radius 2 is 1.70 bits per heavy atom. The third-order valence-electron chi connectivity index (χ3n) is 6.81. The first kappa shape index (κ1) is 19.3. The molecule has 1 unspecified atom stereocenters. The molecule has 154 valence electrons. The van der Waals surface area contributed by atoms with E-state index in [4.69, 9.17) is 0 Å². The van der Waals surface area contributed by atoms with Gasteiger partial charge in [0.05, 0.1) is 11.1 Å². The molecule has 0 radical (unpaired) electrons. The standard InChI is InChI=1S/C26H29N3O/c30-26(24-10-4-8-23-9-5-14-27-25(23)24)29-17-11-20(19-29)18-28-15-12-22(13-16-28)21-6-2-1-3-7-21/h1-10,14,20,22H,11-13,15-19H2. The van der Waals surface area contributed by atoms with Gasteiger partial charge in [0, 0.05) is 31.2 Å². The summed E-state index contributed by atoms with van der Waals surface area (Å²) in [5.74, 6) is 1.40. The van der Waals surface area contributed by atoms with Crippen molar-refractivity contribution < 1.29 is 4.79 Å². The van der Waals surface area contributed by atoms with Crippen LogP contribution in [-0.2, 0) is 0 Å². The maximum absolute atomic E-state index is 13.2. The molecule has 3 heterocycles. The zero-order chi connectivity index (χ0) is 20.3. The van der Waals surface area contributed by atoms with Crippen LogP contribution in [0.4, 0.5) is 0 Å². The lowest BCUT2D eigenvalue weighted by Gasteiger charge is -2.33. The van der Waals surface area contributed by atoms with Gasteiger partial charge < -0.3 is 9.80 Å². The van der Waals surface area contributed by atoms with Crippen molar-refractivity contribution in [2.75, 3.05) is 32.7 Å². The second-order valence-electron chi connectivity index (χ2n) is 8.77. The molecular weight excluding hydrogens is 370 g/mol. The molecule has 3 aromatic rings. The SMILES string of the molecule is O=C(c1cccc2cccnc12)N1CCC(CN2CCC(c3ccccc3)CC2)C1. The number of amides is 1.